The molecule has 0 amide bonds. The van der Waals surface area contributed by atoms with E-state index in [9.17, 15) is 14.7 Å². The van der Waals surface area contributed by atoms with Gasteiger partial charge in [0.15, 0.2) is 0 Å². The molecular weight excluding hydrogens is 176 g/mol. The standard InChI is InChI=1S/C8H12O5/c1-4-6(9)13-8(3,11)7(10)12-5-2/h4,11H,1,5H2,2-3H3. The van der Waals surface area contributed by atoms with Gasteiger partial charge in [0.25, 0.3) is 0 Å². The Kier molecular flexibility index (Phi) is 4.13. The summed E-state index contributed by atoms with van der Waals surface area (Å²) < 4.78 is 8.78. The molecule has 0 heterocycles. The van der Waals surface area contributed by atoms with Gasteiger partial charge in [0.2, 0.25) is 0 Å². The first kappa shape index (κ1) is 11.6. The maximum absolute atomic E-state index is 10.9. The molecule has 0 aliphatic rings. The topological polar surface area (TPSA) is 72.8 Å². The van der Waals surface area contributed by atoms with Gasteiger partial charge in [0.05, 0.1) is 6.61 Å². The lowest BCUT2D eigenvalue weighted by Crippen LogP contribution is -2.41. The predicted molar refractivity (Wildman–Crippen MR) is 43.5 cm³/mol. The first-order valence-corrected chi connectivity index (χ1v) is 3.69. The quantitative estimate of drug-likeness (QED) is 0.381. The molecule has 0 radical (unpaired) electrons. The van der Waals surface area contributed by atoms with Crippen molar-refractivity contribution in [2.45, 2.75) is 19.6 Å². The fraction of sp³-hybridized carbons (Fsp3) is 0.500. The lowest BCUT2D eigenvalue weighted by Gasteiger charge is -2.19. The van der Waals surface area contributed by atoms with Crippen LogP contribution in [0.4, 0.5) is 0 Å². The van der Waals surface area contributed by atoms with Gasteiger partial charge in [-0.1, -0.05) is 6.58 Å². The Labute approximate surface area is 75.9 Å². The molecule has 0 aromatic carbocycles. The third-order valence-electron chi connectivity index (χ3n) is 1.12. The summed E-state index contributed by atoms with van der Waals surface area (Å²) in [5.41, 5.74) is 0. The summed E-state index contributed by atoms with van der Waals surface area (Å²) >= 11 is 0. The van der Waals surface area contributed by atoms with Crippen LogP contribution >= 0.6 is 0 Å². The molecule has 0 bridgehead atoms. The van der Waals surface area contributed by atoms with E-state index in [1.807, 2.05) is 0 Å². The van der Waals surface area contributed by atoms with Crippen LogP contribution in [0.25, 0.3) is 0 Å². The number of rotatable bonds is 4. The van der Waals surface area contributed by atoms with Gasteiger partial charge in [-0.05, 0) is 6.92 Å². The molecule has 1 atom stereocenters. The molecule has 5 heteroatoms. The van der Waals surface area contributed by atoms with Crippen molar-refractivity contribution in [1.29, 1.82) is 0 Å². The third kappa shape index (κ3) is 3.71. The molecular formula is C8H12O5. The Morgan fingerprint density at radius 1 is 1.62 bits per heavy atom. The van der Waals surface area contributed by atoms with Crippen molar-refractivity contribution >= 4 is 11.9 Å². The van der Waals surface area contributed by atoms with Crippen LogP contribution in [-0.2, 0) is 19.1 Å². The normalized spacial score (nSPS) is 14.1. The molecule has 0 rings (SSSR count). The number of ether oxygens (including phenoxy) is 2. The molecule has 1 unspecified atom stereocenters. The second kappa shape index (κ2) is 4.61. The highest BCUT2D eigenvalue weighted by Crippen LogP contribution is 2.08. The van der Waals surface area contributed by atoms with E-state index in [1.165, 1.54) is 0 Å². The Hall–Kier alpha value is -1.36. The molecule has 5 nitrogen and oxygen atoms in total. The molecule has 74 valence electrons. The van der Waals surface area contributed by atoms with Crippen LogP contribution in [0.3, 0.4) is 0 Å². The molecule has 13 heavy (non-hydrogen) atoms. The van der Waals surface area contributed by atoms with Crippen LogP contribution < -0.4 is 0 Å². The van der Waals surface area contributed by atoms with E-state index in [-0.39, 0.29) is 6.61 Å². The van der Waals surface area contributed by atoms with E-state index in [0.29, 0.717) is 0 Å². The molecule has 0 saturated carbocycles. The van der Waals surface area contributed by atoms with Crippen molar-refractivity contribution in [1.82, 2.24) is 0 Å². The van der Waals surface area contributed by atoms with Crippen LogP contribution in [0.15, 0.2) is 12.7 Å². The average molecular weight is 188 g/mol. The first-order valence-electron chi connectivity index (χ1n) is 3.69. The highest BCUT2D eigenvalue weighted by atomic mass is 16.7. The minimum absolute atomic E-state index is 0.0978. The van der Waals surface area contributed by atoms with E-state index in [0.717, 1.165) is 13.0 Å². The molecule has 0 spiro atoms. The van der Waals surface area contributed by atoms with Crippen molar-refractivity contribution in [3.63, 3.8) is 0 Å². The van der Waals surface area contributed by atoms with Crippen LogP contribution in [0.2, 0.25) is 0 Å². The van der Waals surface area contributed by atoms with Crippen molar-refractivity contribution in [2.24, 2.45) is 0 Å². The average Bonchev–Trinajstić information content (AvgIpc) is 2.04. The summed E-state index contributed by atoms with van der Waals surface area (Å²) in [7, 11) is 0. The minimum atomic E-state index is -2.25. The second-order valence-corrected chi connectivity index (χ2v) is 2.33. The van der Waals surface area contributed by atoms with Gasteiger partial charge in [-0.2, -0.15) is 0 Å². The van der Waals surface area contributed by atoms with Gasteiger partial charge in [-0.3, -0.25) is 0 Å². The highest BCUT2D eigenvalue weighted by Gasteiger charge is 2.35. The van der Waals surface area contributed by atoms with Gasteiger partial charge in [-0.25, -0.2) is 9.59 Å². The summed E-state index contributed by atoms with van der Waals surface area (Å²) in [4.78, 5) is 21.6. The largest absolute Gasteiger partial charge is 0.461 e. The number of hydrogen-bond donors (Lipinski definition) is 1. The maximum atomic E-state index is 10.9. The molecule has 1 N–H and O–H groups in total. The van der Waals surface area contributed by atoms with E-state index in [1.54, 1.807) is 6.92 Å². The molecule has 0 fully saturated rings. The Morgan fingerprint density at radius 3 is 2.54 bits per heavy atom. The SMILES string of the molecule is C=CC(=O)OC(C)(O)C(=O)OCC. The van der Waals surface area contributed by atoms with E-state index in [2.05, 4.69) is 16.1 Å². The summed E-state index contributed by atoms with van der Waals surface area (Å²) in [5, 5.41) is 9.25. The Balaban J connectivity index is 4.29. The number of hydrogen-bond acceptors (Lipinski definition) is 5. The van der Waals surface area contributed by atoms with Crippen LogP contribution in [0.5, 0.6) is 0 Å². The smallest absolute Gasteiger partial charge is 0.379 e. The second-order valence-electron chi connectivity index (χ2n) is 2.33. The molecule has 0 aliphatic heterocycles. The van der Waals surface area contributed by atoms with Gasteiger partial charge < -0.3 is 14.6 Å². The van der Waals surface area contributed by atoms with Gasteiger partial charge >= 0.3 is 17.7 Å². The Bertz CT molecular complexity index is 219. The number of carbonyl (C=O) groups excluding carboxylic acids is 2. The summed E-state index contributed by atoms with van der Waals surface area (Å²) in [6.07, 6.45) is 0.841. The Morgan fingerprint density at radius 2 is 2.15 bits per heavy atom. The van der Waals surface area contributed by atoms with Gasteiger partial charge in [0, 0.05) is 13.0 Å². The fourth-order valence-corrected chi connectivity index (χ4v) is 0.544. The summed E-state index contributed by atoms with van der Waals surface area (Å²) in [6.45, 7) is 5.80. The number of carbonyl (C=O) groups is 2. The van der Waals surface area contributed by atoms with Crippen molar-refractivity contribution < 1.29 is 24.2 Å². The minimum Gasteiger partial charge on any atom is -0.461 e. The van der Waals surface area contributed by atoms with Crippen LogP contribution in [0.1, 0.15) is 13.8 Å². The van der Waals surface area contributed by atoms with Crippen LogP contribution in [-0.4, -0.2) is 29.4 Å². The summed E-state index contributed by atoms with van der Waals surface area (Å²) in [5.74, 6) is -4.15. The van der Waals surface area contributed by atoms with E-state index < -0.39 is 17.7 Å². The van der Waals surface area contributed by atoms with Crippen molar-refractivity contribution in [3.8, 4) is 0 Å². The van der Waals surface area contributed by atoms with E-state index in [4.69, 9.17) is 0 Å². The van der Waals surface area contributed by atoms with Gasteiger partial charge in [0.1, 0.15) is 0 Å². The van der Waals surface area contributed by atoms with Gasteiger partial charge in [-0.15, -0.1) is 0 Å². The molecule has 0 saturated heterocycles. The van der Waals surface area contributed by atoms with Crippen molar-refractivity contribution in [2.75, 3.05) is 6.61 Å². The zero-order valence-corrected chi connectivity index (χ0v) is 7.57. The molecule has 0 aromatic heterocycles. The van der Waals surface area contributed by atoms with E-state index >= 15 is 0 Å². The summed E-state index contributed by atoms with van der Waals surface area (Å²) in [6, 6.07) is 0. The van der Waals surface area contributed by atoms with Crippen molar-refractivity contribution in [3.05, 3.63) is 12.7 Å². The highest BCUT2D eigenvalue weighted by molar-refractivity contribution is 5.86. The number of aliphatic hydroxyl groups is 1. The zero-order valence-electron chi connectivity index (χ0n) is 7.57. The van der Waals surface area contributed by atoms with Crippen LogP contribution in [0, 0.1) is 0 Å². The lowest BCUT2D eigenvalue weighted by atomic mass is 10.3. The number of esters is 2. The maximum Gasteiger partial charge on any atom is 0.379 e. The lowest BCUT2D eigenvalue weighted by molar-refractivity contribution is -0.218. The molecule has 0 aromatic rings. The first-order chi connectivity index (χ1) is 5.94. The third-order valence-corrected chi connectivity index (χ3v) is 1.12. The predicted octanol–water partition coefficient (Wildman–Crippen LogP) is -0.0128. The monoisotopic (exact) mass is 188 g/mol. The zero-order chi connectivity index (χ0) is 10.5. The molecule has 0 aliphatic carbocycles. The fourth-order valence-electron chi connectivity index (χ4n) is 0.544.